The molecule has 0 aliphatic carbocycles. The van der Waals surface area contributed by atoms with E-state index in [4.69, 9.17) is 4.74 Å². The van der Waals surface area contributed by atoms with Gasteiger partial charge in [0.05, 0.1) is 0 Å². The average molecular weight is 319 g/mol. The highest BCUT2D eigenvalue weighted by Gasteiger charge is 2.19. The molecule has 1 aromatic carbocycles. The molecule has 1 heterocycles. The molecule has 0 amide bonds. The highest BCUT2D eigenvalue weighted by molar-refractivity contribution is 5.36. The molecule has 0 bridgehead atoms. The number of piperidine rings is 1. The summed E-state index contributed by atoms with van der Waals surface area (Å²) in [6, 6.07) is 7.78. The number of hydrogen-bond acceptors (Lipinski definition) is 3. The number of nitrogens with one attached hydrogen (secondary N) is 1. The molecule has 2 rings (SSSR count). The molecule has 0 aromatic heterocycles. The van der Waals surface area contributed by atoms with Crippen molar-refractivity contribution < 1.29 is 4.74 Å². The fraction of sp³-hybridized carbons (Fsp3) is 0.700. The molecular formula is C20H34N2O. The monoisotopic (exact) mass is 318 g/mol. The summed E-state index contributed by atoms with van der Waals surface area (Å²) < 4.78 is 5.96. The minimum atomic E-state index is 0.574. The lowest BCUT2D eigenvalue weighted by molar-refractivity contribution is 0.162. The normalized spacial score (nSPS) is 17.2. The molecule has 3 nitrogen and oxygen atoms in total. The Morgan fingerprint density at radius 1 is 1.17 bits per heavy atom. The van der Waals surface area contributed by atoms with Gasteiger partial charge in [-0.25, -0.2) is 0 Å². The molecule has 130 valence electrons. The number of hydrogen-bond donors (Lipinski definition) is 1. The van der Waals surface area contributed by atoms with Crippen molar-refractivity contribution in [3.05, 3.63) is 29.3 Å². The fourth-order valence-electron chi connectivity index (χ4n) is 3.47. The van der Waals surface area contributed by atoms with Crippen molar-refractivity contribution in [2.75, 3.05) is 26.2 Å². The number of rotatable bonds is 7. The second kappa shape index (κ2) is 8.70. The zero-order chi connectivity index (χ0) is 16.8. The molecule has 0 atom stereocenters. The van der Waals surface area contributed by atoms with Crippen LogP contribution in [0, 0.1) is 6.92 Å². The standard InChI is InChI=1S/C20H34N2O/c1-15(2)20-7-6-19(14-17(20)5)23-13-12-22-10-8-18(9-11-22)21-16(3)4/h6-7,14-16,18,21H,8-13H2,1-5H3. The number of ether oxygens (including phenoxy) is 1. The van der Waals surface area contributed by atoms with E-state index in [-0.39, 0.29) is 0 Å². The number of benzene rings is 1. The molecular weight excluding hydrogens is 284 g/mol. The van der Waals surface area contributed by atoms with Gasteiger partial charge >= 0.3 is 0 Å². The summed E-state index contributed by atoms with van der Waals surface area (Å²) in [4.78, 5) is 2.52. The van der Waals surface area contributed by atoms with Gasteiger partial charge in [0.1, 0.15) is 12.4 Å². The Balaban J connectivity index is 1.71. The maximum atomic E-state index is 5.96. The van der Waals surface area contributed by atoms with Gasteiger partial charge in [0, 0.05) is 18.6 Å². The van der Waals surface area contributed by atoms with Gasteiger partial charge in [-0.05, 0) is 62.0 Å². The van der Waals surface area contributed by atoms with Gasteiger partial charge in [-0.1, -0.05) is 33.8 Å². The number of nitrogens with zero attached hydrogens (tertiary/aromatic N) is 1. The smallest absolute Gasteiger partial charge is 0.119 e. The summed E-state index contributed by atoms with van der Waals surface area (Å²) in [6.45, 7) is 15.3. The Bertz CT molecular complexity index is 477. The van der Waals surface area contributed by atoms with Crippen molar-refractivity contribution in [2.45, 2.75) is 65.5 Å². The van der Waals surface area contributed by atoms with Crippen molar-refractivity contribution in [3.63, 3.8) is 0 Å². The molecule has 0 unspecified atom stereocenters. The van der Waals surface area contributed by atoms with Gasteiger partial charge in [0.15, 0.2) is 0 Å². The van der Waals surface area contributed by atoms with Gasteiger partial charge in [0.2, 0.25) is 0 Å². The van der Waals surface area contributed by atoms with Gasteiger partial charge in [-0.2, -0.15) is 0 Å². The predicted molar refractivity (Wildman–Crippen MR) is 98.5 cm³/mol. The molecule has 1 aromatic rings. The minimum absolute atomic E-state index is 0.574. The third kappa shape index (κ3) is 5.82. The molecule has 1 aliphatic rings. The predicted octanol–water partition coefficient (Wildman–Crippen LogP) is 3.96. The molecule has 0 spiro atoms. The summed E-state index contributed by atoms with van der Waals surface area (Å²) in [6.07, 6.45) is 2.50. The van der Waals surface area contributed by atoms with E-state index in [0.717, 1.165) is 18.9 Å². The van der Waals surface area contributed by atoms with Crippen molar-refractivity contribution in [3.8, 4) is 5.75 Å². The number of likely N-dealkylation sites (tertiary alicyclic amines) is 1. The minimum Gasteiger partial charge on any atom is -0.492 e. The first-order valence-corrected chi connectivity index (χ1v) is 9.17. The van der Waals surface area contributed by atoms with E-state index in [0.29, 0.717) is 18.0 Å². The summed E-state index contributed by atoms with van der Waals surface area (Å²) in [5.74, 6) is 1.58. The molecule has 23 heavy (non-hydrogen) atoms. The molecule has 3 heteroatoms. The van der Waals surface area contributed by atoms with Crippen LogP contribution in [0.4, 0.5) is 0 Å². The summed E-state index contributed by atoms with van der Waals surface area (Å²) in [7, 11) is 0. The van der Waals surface area contributed by atoms with E-state index < -0.39 is 0 Å². The second-order valence-electron chi connectivity index (χ2n) is 7.46. The van der Waals surface area contributed by atoms with Crippen LogP contribution in [0.5, 0.6) is 5.75 Å². The Morgan fingerprint density at radius 2 is 1.87 bits per heavy atom. The summed E-state index contributed by atoms with van der Waals surface area (Å²) in [5.41, 5.74) is 2.75. The van der Waals surface area contributed by atoms with Gasteiger partial charge in [-0.3, -0.25) is 4.90 Å². The molecule has 0 radical (unpaired) electrons. The molecule has 1 aliphatic heterocycles. The van der Waals surface area contributed by atoms with Crippen LogP contribution in [-0.4, -0.2) is 43.2 Å². The highest BCUT2D eigenvalue weighted by Crippen LogP contribution is 2.23. The topological polar surface area (TPSA) is 24.5 Å². The molecule has 1 N–H and O–H groups in total. The summed E-state index contributed by atoms with van der Waals surface area (Å²) >= 11 is 0. The third-order valence-electron chi connectivity index (χ3n) is 4.70. The van der Waals surface area contributed by atoms with Crippen molar-refractivity contribution >= 4 is 0 Å². The summed E-state index contributed by atoms with van der Waals surface area (Å²) in [5, 5.41) is 3.65. The third-order valence-corrected chi connectivity index (χ3v) is 4.70. The Kier molecular flexibility index (Phi) is 6.91. The first-order chi connectivity index (χ1) is 11.0. The molecule has 1 fully saturated rings. The van der Waals surface area contributed by atoms with E-state index >= 15 is 0 Å². The van der Waals surface area contributed by atoms with Crippen LogP contribution >= 0.6 is 0 Å². The maximum Gasteiger partial charge on any atom is 0.119 e. The molecule has 1 saturated heterocycles. The van der Waals surface area contributed by atoms with Gasteiger partial charge in [-0.15, -0.1) is 0 Å². The fourth-order valence-corrected chi connectivity index (χ4v) is 3.47. The maximum absolute atomic E-state index is 5.96. The van der Waals surface area contributed by atoms with E-state index in [9.17, 15) is 0 Å². The van der Waals surface area contributed by atoms with Crippen molar-refractivity contribution in [2.24, 2.45) is 0 Å². The zero-order valence-corrected chi connectivity index (χ0v) is 15.6. The first kappa shape index (κ1) is 18.3. The highest BCUT2D eigenvalue weighted by atomic mass is 16.5. The van der Waals surface area contributed by atoms with Crippen LogP contribution in [0.1, 0.15) is 57.6 Å². The van der Waals surface area contributed by atoms with Crippen LogP contribution < -0.4 is 10.1 Å². The lowest BCUT2D eigenvalue weighted by Gasteiger charge is -2.33. The lowest BCUT2D eigenvalue weighted by Crippen LogP contribution is -2.45. The van der Waals surface area contributed by atoms with E-state index in [1.807, 2.05) is 0 Å². The quantitative estimate of drug-likeness (QED) is 0.823. The van der Waals surface area contributed by atoms with Gasteiger partial charge < -0.3 is 10.1 Å². The average Bonchev–Trinajstić information content (AvgIpc) is 2.48. The van der Waals surface area contributed by atoms with E-state index in [1.54, 1.807) is 0 Å². The second-order valence-corrected chi connectivity index (χ2v) is 7.46. The van der Waals surface area contributed by atoms with Crippen LogP contribution in [0.3, 0.4) is 0 Å². The van der Waals surface area contributed by atoms with Crippen LogP contribution in [0.2, 0.25) is 0 Å². The first-order valence-electron chi connectivity index (χ1n) is 9.17. The molecule has 0 saturated carbocycles. The lowest BCUT2D eigenvalue weighted by atomic mass is 9.98. The number of aryl methyl sites for hydroxylation is 1. The van der Waals surface area contributed by atoms with E-state index in [1.165, 1.54) is 37.1 Å². The van der Waals surface area contributed by atoms with Crippen molar-refractivity contribution in [1.82, 2.24) is 10.2 Å². The Morgan fingerprint density at radius 3 is 2.43 bits per heavy atom. The van der Waals surface area contributed by atoms with Crippen LogP contribution in [0.15, 0.2) is 18.2 Å². The van der Waals surface area contributed by atoms with Crippen LogP contribution in [-0.2, 0) is 0 Å². The van der Waals surface area contributed by atoms with Crippen LogP contribution in [0.25, 0.3) is 0 Å². The zero-order valence-electron chi connectivity index (χ0n) is 15.6. The van der Waals surface area contributed by atoms with E-state index in [2.05, 4.69) is 63.0 Å². The Hall–Kier alpha value is -1.06. The SMILES string of the molecule is Cc1cc(OCCN2CCC(NC(C)C)CC2)ccc1C(C)C. The van der Waals surface area contributed by atoms with Gasteiger partial charge in [0.25, 0.3) is 0 Å². The Labute approximate surface area is 142 Å². The van der Waals surface area contributed by atoms with Crippen molar-refractivity contribution in [1.29, 1.82) is 0 Å². The largest absolute Gasteiger partial charge is 0.492 e.